The monoisotopic (exact) mass is 193 g/mol. The molecule has 0 saturated carbocycles. The topological polar surface area (TPSA) is 69.0 Å². The van der Waals surface area contributed by atoms with Crippen LogP contribution in [0.4, 0.5) is 0 Å². The standard InChI is InChI=1S/C7H5BClN3O/c9-6-3-11-7(12-8-4-13)1-5(6)2-10/h1,3-4,8H,(H,11,12). The first kappa shape index (κ1) is 9.55. The highest BCUT2D eigenvalue weighted by Crippen LogP contribution is 2.08. The Hall–Kier alpha value is -1.54. The van der Waals surface area contributed by atoms with Crippen LogP contribution in [0.5, 0.6) is 0 Å². The predicted octanol–water partition coefficient (Wildman–Crippen LogP) is -0.0178. The van der Waals surface area contributed by atoms with Crippen LogP contribution in [0.25, 0.3) is 0 Å². The Morgan fingerprint density at radius 1 is 1.77 bits per heavy atom. The van der Waals surface area contributed by atoms with Crippen molar-refractivity contribution >= 4 is 25.2 Å². The van der Waals surface area contributed by atoms with Gasteiger partial charge in [0.25, 0.3) is 0 Å². The summed E-state index contributed by atoms with van der Waals surface area (Å²) >= 11 is 5.67. The number of nitriles is 1. The van der Waals surface area contributed by atoms with Crippen LogP contribution in [0.15, 0.2) is 17.2 Å². The number of aromatic amines is 1. The van der Waals surface area contributed by atoms with Gasteiger partial charge < -0.3 is 14.7 Å². The average Bonchev–Trinajstić information content (AvgIpc) is 2.16. The van der Waals surface area contributed by atoms with E-state index in [0.717, 1.165) is 0 Å². The molecule has 0 aliphatic rings. The Morgan fingerprint density at radius 2 is 2.54 bits per heavy atom. The van der Waals surface area contributed by atoms with Gasteiger partial charge in [-0.2, -0.15) is 5.26 Å². The fraction of sp³-hybridized carbons (Fsp3) is 0. The van der Waals surface area contributed by atoms with Gasteiger partial charge in [-0.3, -0.25) is 0 Å². The lowest BCUT2D eigenvalue weighted by Crippen LogP contribution is -2.09. The van der Waals surface area contributed by atoms with Gasteiger partial charge in [0, 0.05) is 6.20 Å². The number of carbonyl (C=O) groups is 1. The molecular formula is C7H5BClN3O. The molecule has 1 aromatic heterocycles. The van der Waals surface area contributed by atoms with Crippen molar-refractivity contribution in [3.63, 3.8) is 0 Å². The maximum atomic E-state index is 10.0. The molecule has 1 aromatic rings. The molecule has 0 aliphatic heterocycles. The van der Waals surface area contributed by atoms with Gasteiger partial charge in [-0.05, 0) is 6.07 Å². The second-order valence-corrected chi connectivity index (χ2v) is 2.61. The van der Waals surface area contributed by atoms with Crippen molar-refractivity contribution in [2.45, 2.75) is 0 Å². The lowest BCUT2D eigenvalue weighted by Gasteiger charge is -1.92. The maximum Gasteiger partial charge on any atom is 0.336 e. The number of hydrogen-bond donors (Lipinski definition) is 1. The molecule has 13 heavy (non-hydrogen) atoms. The molecule has 1 rings (SSSR count). The van der Waals surface area contributed by atoms with E-state index < -0.39 is 0 Å². The van der Waals surface area contributed by atoms with E-state index in [0.29, 0.717) is 22.3 Å². The summed E-state index contributed by atoms with van der Waals surface area (Å²) in [4.78, 5) is 16.6. The summed E-state index contributed by atoms with van der Waals surface area (Å²) in [6.45, 7) is 0. The van der Waals surface area contributed by atoms with Crippen LogP contribution < -0.4 is 5.49 Å². The SMILES string of the molecule is N#Cc1cc(=NBC=O)[nH]cc1Cl. The zero-order chi connectivity index (χ0) is 9.68. The fourth-order valence-electron chi connectivity index (χ4n) is 0.775. The lowest BCUT2D eigenvalue weighted by atomic mass is 10.0. The summed E-state index contributed by atoms with van der Waals surface area (Å²) in [5.74, 6) is 0. The molecule has 0 saturated heterocycles. The van der Waals surface area contributed by atoms with Gasteiger partial charge in [-0.15, -0.1) is 0 Å². The highest BCUT2D eigenvalue weighted by Gasteiger charge is 1.96. The molecule has 0 bridgehead atoms. The molecule has 0 spiro atoms. The number of H-pyrrole nitrogens is 1. The molecular weight excluding hydrogens is 188 g/mol. The molecule has 0 radical (unpaired) electrons. The summed E-state index contributed by atoms with van der Waals surface area (Å²) < 4.78 is 0. The van der Waals surface area contributed by atoms with E-state index in [-0.39, 0.29) is 7.41 Å². The van der Waals surface area contributed by atoms with Crippen LogP contribution in [0.3, 0.4) is 0 Å². The number of hydrogen-bond acceptors (Lipinski definition) is 3. The van der Waals surface area contributed by atoms with Gasteiger partial charge in [0.1, 0.15) is 17.7 Å². The van der Waals surface area contributed by atoms with Crippen molar-refractivity contribution < 1.29 is 4.79 Å². The Bertz CT molecular complexity index is 420. The van der Waals surface area contributed by atoms with Gasteiger partial charge >= 0.3 is 7.41 Å². The number of nitrogens with zero attached hydrogens (tertiary/aromatic N) is 2. The van der Waals surface area contributed by atoms with Crippen molar-refractivity contribution in [2.24, 2.45) is 4.90 Å². The fourth-order valence-corrected chi connectivity index (χ4v) is 0.926. The number of nitrogens with one attached hydrogen (secondary N) is 1. The summed E-state index contributed by atoms with van der Waals surface area (Å²) in [6, 6.07) is 3.40. The summed E-state index contributed by atoms with van der Waals surface area (Å²) in [5.41, 5.74) is 0.804. The molecule has 0 aromatic carbocycles. The van der Waals surface area contributed by atoms with Crippen LogP contribution >= 0.6 is 11.6 Å². The third-order valence-electron chi connectivity index (χ3n) is 1.34. The Balaban J connectivity index is 3.15. The highest BCUT2D eigenvalue weighted by molar-refractivity contribution is 6.64. The van der Waals surface area contributed by atoms with Crippen molar-refractivity contribution in [3.8, 4) is 6.07 Å². The molecule has 4 nitrogen and oxygen atoms in total. The molecule has 0 aliphatic carbocycles. The third kappa shape index (κ3) is 2.46. The molecule has 6 heteroatoms. The largest absolute Gasteiger partial charge is 0.346 e. The van der Waals surface area contributed by atoms with Crippen LogP contribution in [-0.4, -0.2) is 18.6 Å². The quantitative estimate of drug-likeness (QED) is 0.530. The third-order valence-corrected chi connectivity index (χ3v) is 1.65. The normalized spacial score (nSPS) is 10.6. The van der Waals surface area contributed by atoms with E-state index in [1.807, 2.05) is 6.07 Å². The van der Waals surface area contributed by atoms with Gasteiger partial charge in [-0.25, -0.2) is 0 Å². The Morgan fingerprint density at radius 3 is 3.15 bits per heavy atom. The highest BCUT2D eigenvalue weighted by atomic mass is 35.5. The predicted molar refractivity (Wildman–Crippen MR) is 50.0 cm³/mol. The van der Waals surface area contributed by atoms with Crippen LogP contribution in [0.1, 0.15) is 5.56 Å². The maximum absolute atomic E-state index is 10.0. The van der Waals surface area contributed by atoms with Gasteiger partial charge in [0.2, 0.25) is 0 Å². The van der Waals surface area contributed by atoms with Gasteiger partial charge in [0.05, 0.1) is 10.6 Å². The van der Waals surface area contributed by atoms with E-state index in [9.17, 15) is 4.79 Å². The van der Waals surface area contributed by atoms with Crippen LogP contribution in [0.2, 0.25) is 5.02 Å². The zero-order valence-corrected chi connectivity index (χ0v) is 7.38. The number of pyridine rings is 1. The van der Waals surface area contributed by atoms with Crippen molar-refractivity contribution in [1.82, 2.24) is 4.98 Å². The first-order valence-corrected chi connectivity index (χ1v) is 3.88. The van der Waals surface area contributed by atoms with E-state index >= 15 is 0 Å². The first-order valence-electron chi connectivity index (χ1n) is 3.50. The van der Waals surface area contributed by atoms with E-state index in [1.54, 1.807) is 0 Å². The molecule has 0 amide bonds. The smallest absolute Gasteiger partial charge is 0.336 e. The number of rotatable bonds is 2. The second kappa shape index (κ2) is 4.48. The zero-order valence-electron chi connectivity index (χ0n) is 6.62. The Kier molecular flexibility index (Phi) is 3.29. The van der Waals surface area contributed by atoms with Crippen molar-refractivity contribution in [2.75, 3.05) is 0 Å². The summed E-state index contributed by atoms with van der Waals surface area (Å²) in [6.07, 6.45) is 2.14. The van der Waals surface area contributed by atoms with E-state index in [1.165, 1.54) is 12.3 Å². The molecule has 0 fully saturated rings. The van der Waals surface area contributed by atoms with Gasteiger partial charge in [-0.1, -0.05) is 11.6 Å². The lowest BCUT2D eigenvalue weighted by molar-refractivity contribution is 0.568. The second-order valence-electron chi connectivity index (χ2n) is 2.20. The summed E-state index contributed by atoms with van der Waals surface area (Å²) in [5, 5.41) is 8.95. The molecule has 0 atom stereocenters. The molecule has 64 valence electrons. The van der Waals surface area contributed by atoms with E-state index in [2.05, 4.69) is 9.89 Å². The van der Waals surface area contributed by atoms with E-state index in [4.69, 9.17) is 16.9 Å². The average molecular weight is 193 g/mol. The first-order chi connectivity index (χ1) is 6.27. The number of halogens is 1. The van der Waals surface area contributed by atoms with Crippen molar-refractivity contribution in [1.29, 1.82) is 5.26 Å². The van der Waals surface area contributed by atoms with Crippen molar-refractivity contribution in [3.05, 3.63) is 28.3 Å². The number of aromatic nitrogens is 1. The summed E-state index contributed by atoms with van der Waals surface area (Å²) in [7, 11) is 0.0724. The Labute approximate surface area is 80.1 Å². The molecule has 1 heterocycles. The van der Waals surface area contributed by atoms with Crippen LogP contribution in [0, 0.1) is 11.3 Å². The van der Waals surface area contributed by atoms with Gasteiger partial charge in [0.15, 0.2) is 0 Å². The minimum absolute atomic E-state index is 0.0724. The number of carbonyl (C=O) groups excluding carboxylic acids is 1. The minimum Gasteiger partial charge on any atom is -0.346 e. The minimum atomic E-state index is 0.0724. The van der Waals surface area contributed by atoms with Crippen LogP contribution in [-0.2, 0) is 4.79 Å². The molecule has 1 N–H and O–H groups in total. The molecule has 0 unspecified atom stereocenters.